The predicted octanol–water partition coefficient (Wildman–Crippen LogP) is 1.43. The number of amides is 2. The van der Waals surface area contributed by atoms with Crippen molar-refractivity contribution in [3.63, 3.8) is 0 Å². The summed E-state index contributed by atoms with van der Waals surface area (Å²) in [4.78, 5) is 26.4. The summed E-state index contributed by atoms with van der Waals surface area (Å²) in [6.45, 7) is 8.58. The minimum atomic E-state index is -0.914. The molecule has 1 saturated heterocycles. The number of primary amides is 1. The second kappa shape index (κ2) is 7.27. The number of nitrogens with zero attached hydrogens (tertiary/aromatic N) is 1. The summed E-state index contributed by atoms with van der Waals surface area (Å²) in [7, 11) is 0. The van der Waals surface area contributed by atoms with Crippen LogP contribution in [0.1, 0.15) is 45.4 Å². The fourth-order valence-electron chi connectivity index (χ4n) is 4.11. The summed E-state index contributed by atoms with van der Waals surface area (Å²) in [6, 6.07) is 0. The van der Waals surface area contributed by atoms with E-state index in [-0.39, 0.29) is 17.7 Å². The van der Waals surface area contributed by atoms with Gasteiger partial charge in [0, 0.05) is 6.92 Å². The van der Waals surface area contributed by atoms with Crippen molar-refractivity contribution in [2.45, 2.75) is 51.0 Å². The van der Waals surface area contributed by atoms with Crippen molar-refractivity contribution in [3.05, 3.63) is 12.7 Å². The Morgan fingerprint density at radius 1 is 1.36 bits per heavy atom. The maximum atomic E-state index is 12.2. The van der Waals surface area contributed by atoms with Gasteiger partial charge in [0.1, 0.15) is 5.54 Å². The third-order valence-corrected chi connectivity index (χ3v) is 5.33. The van der Waals surface area contributed by atoms with Crippen LogP contribution in [0, 0.1) is 11.8 Å². The molecule has 1 heterocycles. The Labute approximate surface area is 133 Å². The van der Waals surface area contributed by atoms with Crippen molar-refractivity contribution in [2.24, 2.45) is 17.6 Å². The Bertz CT molecular complexity index is 432. The van der Waals surface area contributed by atoms with Crippen LogP contribution in [0.5, 0.6) is 0 Å². The largest absolute Gasteiger partial charge is 0.368 e. The smallest absolute Gasteiger partial charge is 0.243 e. The number of nitrogens with one attached hydrogen (secondary N) is 1. The maximum Gasteiger partial charge on any atom is 0.243 e. The number of nitrogens with two attached hydrogens (primary N) is 1. The van der Waals surface area contributed by atoms with E-state index in [1.807, 2.05) is 6.08 Å². The molecule has 0 aromatic carbocycles. The lowest BCUT2D eigenvalue weighted by molar-refractivity contribution is -0.135. The molecule has 3 atom stereocenters. The van der Waals surface area contributed by atoms with E-state index < -0.39 is 11.4 Å². The zero-order valence-electron chi connectivity index (χ0n) is 13.6. The van der Waals surface area contributed by atoms with Crippen LogP contribution in [0.3, 0.4) is 0 Å². The van der Waals surface area contributed by atoms with Crippen LogP contribution < -0.4 is 11.1 Å². The van der Waals surface area contributed by atoms with E-state index in [0.29, 0.717) is 6.42 Å². The van der Waals surface area contributed by atoms with Gasteiger partial charge in [-0.1, -0.05) is 6.08 Å². The van der Waals surface area contributed by atoms with Crippen molar-refractivity contribution in [3.8, 4) is 0 Å². The van der Waals surface area contributed by atoms with Gasteiger partial charge in [-0.25, -0.2) is 0 Å². The first-order chi connectivity index (χ1) is 10.5. The van der Waals surface area contributed by atoms with E-state index in [1.165, 1.54) is 19.8 Å². The summed E-state index contributed by atoms with van der Waals surface area (Å²) in [5.41, 5.74) is 4.83. The SMILES string of the molecule is C=C[C@@H]1CCC(CCN2CCCC2)C(NC(C)=O)(C(N)=O)C1. The number of allylic oxidation sites excluding steroid dienone is 1. The highest BCUT2D eigenvalue weighted by Crippen LogP contribution is 2.40. The molecular weight excluding hydrogens is 278 g/mol. The molecule has 3 N–H and O–H groups in total. The molecule has 1 aliphatic heterocycles. The number of hydrogen-bond acceptors (Lipinski definition) is 3. The van der Waals surface area contributed by atoms with Crippen LogP contribution in [-0.4, -0.2) is 41.9 Å². The van der Waals surface area contributed by atoms with E-state index in [9.17, 15) is 9.59 Å². The fraction of sp³-hybridized carbons (Fsp3) is 0.765. The van der Waals surface area contributed by atoms with Gasteiger partial charge in [0.05, 0.1) is 0 Å². The lowest BCUT2D eigenvalue weighted by atomic mass is 9.66. The number of hydrogen-bond donors (Lipinski definition) is 2. The molecule has 1 aliphatic carbocycles. The Balaban J connectivity index is 2.13. The summed E-state index contributed by atoms with van der Waals surface area (Å²) >= 11 is 0. The Morgan fingerprint density at radius 3 is 2.59 bits per heavy atom. The molecule has 22 heavy (non-hydrogen) atoms. The molecule has 2 rings (SSSR count). The number of carbonyl (C=O) groups is 2. The van der Waals surface area contributed by atoms with Gasteiger partial charge in [-0.15, -0.1) is 6.58 Å². The minimum Gasteiger partial charge on any atom is -0.368 e. The zero-order valence-corrected chi connectivity index (χ0v) is 13.6. The van der Waals surface area contributed by atoms with Crippen molar-refractivity contribution in [1.29, 1.82) is 0 Å². The molecule has 2 amide bonds. The van der Waals surface area contributed by atoms with E-state index in [2.05, 4.69) is 16.8 Å². The van der Waals surface area contributed by atoms with Crippen molar-refractivity contribution >= 4 is 11.8 Å². The Hall–Kier alpha value is -1.36. The van der Waals surface area contributed by atoms with Crippen LogP contribution >= 0.6 is 0 Å². The first-order valence-electron chi connectivity index (χ1n) is 8.41. The molecule has 2 fully saturated rings. The summed E-state index contributed by atoms with van der Waals surface area (Å²) in [6.07, 6.45) is 7.82. The van der Waals surface area contributed by atoms with Gasteiger partial charge in [0.15, 0.2) is 0 Å². The molecule has 0 aromatic rings. The molecule has 5 nitrogen and oxygen atoms in total. The lowest BCUT2D eigenvalue weighted by Crippen LogP contribution is -2.64. The normalized spacial score (nSPS) is 32.6. The van der Waals surface area contributed by atoms with Gasteiger partial charge in [0.2, 0.25) is 11.8 Å². The molecule has 5 heteroatoms. The van der Waals surface area contributed by atoms with Crippen molar-refractivity contribution in [1.82, 2.24) is 10.2 Å². The van der Waals surface area contributed by atoms with Crippen LogP contribution in [0.4, 0.5) is 0 Å². The molecule has 0 aromatic heterocycles. The average molecular weight is 307 g/mol. The fourth-order valence-corrected chi connectivity index (χ4v) is 4.11. The highest BCUT2D eigenvalue weighted by atomic mass is 16.2. The van der Waals surface area contributed by atoms with E-state index >= 15 is 0 Å². The van der Waals surface area contributed by atoms with Gasteiger partial charge >= 0.3 is 0 Å². The minimum absolute atomic E-state index is 0.116. The molecule has 0 bridgehead atoms. The molecule has 0 spiro atoms. The van der Waals surface area contributed by atoms with Crippen LogP contribution in [0.15, 0.2) is 12.7 Å². The first-order valence-corrected chi connectivity index (χ1v) is 8.41. The average Bonchev–Trinajstić information content (AvgIpc) is 2.98. The predicted molar refractivity (Wildman–Crippen MR) is 87.1 cm³/mol. The molecule has 0 radical (unpaired) electrons. The number of rotatable bonds is 6. The topological polar surface area (TPSA) is 75.4 Å². The van der Waals surface area contributed by atoms with Gasteiger partial charge in [-0.05, 0) is 70.0 Å². The second-order valence-corrected chi connectivity index (χ2v) is 6.83. The Morgan fingerprint density at radius 2 is 2.05 bits per heavy atom. The third-order valence-electron chi connectivity index (χ3n) is 5.33. The van der Waals surface area contributed by atoms with Crippen LogP contribution in [-0.2, 0) is 9.59 Å². The first kappa shape index (κ1) is 17.0. The van der Waals surface area contributed by atoms with E-state index in [0.717, 1.165) is 38.9 Å². The van der Waals surface area contributed by atoms with Crippen molar-refractivity contribution < 1.29 is 9.59 Å². The maximum absolute atomic E-state index is 12.2. The zero-order chi connectivity index (χ0) is 16.2. The van der Waals surface area contributed by atoms with Crippen molar-refractivity contribution in [2.75, 3.05) is 19.6 Å². The van der Waals surface area contributed by atoms with E-state index in [1.54, 1.807) is 0 Å². The standard InChI is InChI=1S/C17H29N3O2/c1-3-14-6-7-15(8-11-20-9-4-5-10-20)17(12-14,16(18)22)19-13(2)21/h3,14-15H,1,4-12H2,2H3,(H2,18,22)(H,19,21)/t14-,15?,17?/m1/s1. The van der Waals surface area contributed by atoms with Crippen LogP contribution in [0.2, 0.25) is 0 Å². The summed E-state index contributed by atoms with van der Waals surface area (Å²) in [5, 5.41) is 2.90. The quantitative estimate of drug-likeness (QED) is 0.729. The van der Waals surface area contributed by atoms with Gasteiger partial charge in [0.25, 0.3) is 0 Å². The highest BCUT2D eigenvalue weighted by molar-refractivity contribution is 5.90. The monoisotopic (exact) mass is 307 g/mol. The van der Waals surface area contributed by atoms with Gasteiger partial charge in [-0.2, -0.15) is 0 Å². The van der Waals surface area contributed by atoms with Gasteiger partial charge in [-0.3, -0.25) is 9.59 Å². The van der Waals surface area contributed by atoms with Crippen LogP contribution in [0.25, 0.3) is 0 Å². The molecular formula is C17H29N3O2. The third kappa shape index (κ3) is 3.69. The van der Waals surface area contributed by atoms with Gasteiger partial charge < -0.3 is 16.0 Å². The molecule has 2 aliphatic rings. The number of carbonyl (C=O) groups excluding carboxylic acids is 2. The molecule has 124 valence electrons. The molecule has 2 unspecified atom stereocenters. The summed E-state index contributed by atoms with van der Waals surface area (Å²) < 4.78 is 0. The van der Waals surface area contributed by atoms with E-state index in [4.69, 9.17) is 5.73 Å². The molecule has 1 saturated carbocycles. The highest BCUT2D eigenvalue weighted by Gasteiger charge is 2.48. The second-order valence-electron chi connectivity index (χ2n) is 6.83. The number of likely N-dealkylation sites (tertiary alicyclic amines) is 1. The Kier molecular flexibility index (Phi) is 5.62. The lowest BCUT2D eigenvalue weighted by Gasteiger charge is -2.45. The summed E-state index contributed by atoms with van der Waals surface area (Å²) in [5.74, 6) is -0.233.